The molecule has 1 N–H and O–H groups in total. The van der Waals surface area contributed by atoms with Crippen molar-refractivity contribution in [2.45, 2.75) is 39.8 Å². The maximum absolute atomic E-state index is 12.8. The van der Waals surface area contributed by atoms with Crippen LogP contribution in [0.2, 0.25) is 0 Å². The van der Waals surface area contributed by atoms with Crippen LogP contribution in [0, 0.1) is 13.8 Å². The second kappa shape index (κ2) is 8.83. The molecule has 1 amide bonds. The summed E-state index contributed by atoms with van der Waals surface area (Å²) in [5.41, 5.74) is 5.48. The smallest absolute Gasteiger partial charge is 0.262 e. The van der Waals surface area contributed by atoms with Gasteiger partial charge >= 0.3 is 0 Å². The van der Waals surface area contributed by atoms with E-state index in [4.69, 9.17) is 4.74 Å². The van der Waals surface area contributed by atoms with Gasteiger partial charge in [-0.2, -0.15) is 0 Å². The van der Waals surface area contributed by atoms with E-state index in [0.29, 0.717) is 18.5 Å². The van der Waals surface area contributed by atoms with E-state index in [9.17, 15) is 9.59 Å². The molecule has 0 unspecified atom stereocenters. The van der Waals surface area contributed by atoms with Crippen molar-refractivity contribution in [3.8, 4) is 16.9 Å². The Labute approximate surface area is 195 Å². The highest BCUT2D eigenvalue weighted by Crippen LogP contribution is 2.30. The van der Waals surface area contributed by atoms with Crippen molar-refractivity contribution in [3.63, 3.8) is 0 Å². The van der Waals surface area contributed by atoms with Crippen LogP contribution in [-0.4, -0.2) is 22.1 Å². The quantitative estimate of drug-likeness (QED) is 0.464. The minimum Gasteiger partial charge on any atom is -0.493 e. The number of nitrogens with zero attached hydrogens (tertiary/aromatic N) is 2. The molecule has 0 radical (unpaired) electrons. The van der Waals surface area contributed by atoms with Gasteiger partial charge in [0, 0.05) is 30.8 Å². The second-order valence-corrected chi connectivity index (χ2v) is 9.55. The number of aromatic nitrogens is 2. The second-order valence-electron chi connectivity index (χ2n) is 8.35. The van der Waals surface area contributed by atoms with Crippen molar-refractivity contribution in [3.05, 3.63) is 80.7 Å². The Bertz CT molecular complexity index is 1400. The summed E-state index contributed by atoms with van der Waals surface area (Å²) >= 11 is 1.53. The highest BCUT2D eigenvalue weighted by Gasteiger charge is 2.14. The van der Waals surface area contributed by atoms with Crippen molar-refractivity contribution in [2.75, 3.05) is 6.61 Å². The molecule has 2 aromatic carbocycles. The van der Waals surface area contributed by atoms with Crippen molar-refractivity contribution >= 4 is 27.5 Å². The van der Waals surface area contributed by atoms with Gasteiger partial charge in [0.15, 0.2) is 0 Å². The molecule has 2 aromatic heterocycles. The normalized spacial score (nSPS) is 12.5. The van der Waals surface area contributed by atoms with E-state index < -0.39 is 0 Å². The Kier molecular flexibility index (Phi) is 5.72. The van der Waals surface area contributed by atoms with Crippen LogP contribution in [0.4, 0.5) is 0 Å². The van der Waals surface area contributed by atoms with Gasteiger partial charge in [-0.3, -0.25) is 14.2 Å². The molecule has 168 valence electrons. The summed E-state index contributed by atoms with van der Waals surface area (Å²) in [4.78, 5) is 31.4. The van der Waals surface area contributed by atoms with Crippen LogP contribution >= 0.6 is 11.3 Å². The van der Waals surface area contributed by atoms with Gasteiger partial charge in [-0.25, -0.2) is 4.98 Å². The fourth-order valence-corrected chi connectivity index (χ4v) is 5.11. The van der Waals surface area contributed by atoms with Gasteiger partial charge in [-0.15, -0.1) is 11.3 Å². The lowest BCUT2D eigenvalue weighted by Gasteiger charge is -2.09. The van der Waals surface area contributed by atoms with E-state index in [2.05, 4.69) is 34.6 Å². The van der Waals surface area contributed by atoms with Gasteiger partial charge in [0.25, 0.3) is 5.56 Å². The lowest BCUT2D eigenvalue weighted by Crippen LogP contribution is -2.27. The zero-order valence-electron chi connectivity index (χ0n) is 18.7. The van der Waals surface area contributed by atoms with Crippen LogP contribution in [0.15, 0.2) is 53.6 Å². The van der Waals surface area contributed by atoms with E-state index in [1.807, 2.05) is 32.0 Å². The third kappa shape index (κ3) is 4.28. The molecular formula is C26H25N3O3S. The molecule has 0 bridgehead atoms. The topological polar surface area (TPSA) is 73.2 Å². The average Bonchev–Trinajstić information content (AvgIpc) is 3.41. The van der Waals surface area contributed by atoms with E-state index in [0.717, 1.165) is 45.2 Å². The molecule has 0 aliphatic carbocycles. The first-order valence-electron chi connectivity index (χ1n) is 11.1. The van der Waals surface area contributed by atoms with Gasteiger partial charge in [0.2, 0.25) is 5.91 Å². The summed E-state index contributed by atoms with van der Waals surface area (Å²) in [6, 6.07) is 14.5. The fourth-order valence-electron chi connectivity index (χ4n) is 4.12. The first kappa shape index (κ1) is 21.4. The van der Waals surface area contributed by atoms with E-state index >= 15 is 0 Å². The van der Waals surface area contributed by atoms with Crippen LogP contribution in [0.1, 0.15) is 28.0 Å². The maximum Gasteiger partial charge on any atom is 0.262 e. The zero-order valence-corrected chi connectivity index (χ0v) is 19.5. The van der Waals surface area contributed by atoms with E-state index in [1.165, 1.54) is 33.4 Å². The van der Waals surface area contributed by atoms with Crippen LogP contribution in [0.5, 0.6) is 5.75 Å². The van der Waals surface area contributed by atoms with Gasteiger partial charge in [-0.05, 0) is 53.8 Å². The number of fused-ring (bicyclic) bond motifs is 2. The summed E-state index contributed by atoms with van der Waals surface area (Å²) in [6.45, 7) is 5.45. The van der Waals surface area contributed by atoms with E-state index in [1.54, 1.807) is 0 Å². The molecule has 5 rings (SSSR count). The number of nitrogens with one attached hydrogen (secondary N) is 1. The number of carbonyl (C=O) groups is 1. The Balaban J connectivity index is 1.18. The predicted octanol–water partition coefficient (Wildman–Crippen LogP) is 4.38. The number of ether oxygens (including phenoxy) is 1. The lowest BCUT2D eigenvalue weighted by atomic mass is 10.0. The first-order valence-corrected chi connectivity index (χ1v) is 11.9. The zero-order chi connectivity index (χ0) is 22.9. The summed E-state index contributed by atoms with van der Waals surface area (Å²) in [6.07, 6.45) is 2.72. The molecule has 7 heteroatoms. The third-order valence-electron chi connectivity index (χ3n) is 6.20. The van der Waals surface area contributed by atoms with Crippen LogP contribution < -0.4 is 15.6 Å². The number of rotatable bonds is 6. The Morgan fingerprint density at radius 1 is 1.15 bits per heavy atom. The number of hydrogen-bond acceptors (Lipinski definition) is 5. The minimum absolute atomic E-state index is 0.0802. The number of amides is 1. The molecule has 0 atom stereocenters. The maximum atomic E-state index is 12.8. The van der Waals surface area contributed by atoms with Gasteiger partial charge in [-0.1, -0.05) is 30.3 Å². The third-order valence-corrected chi connectivity index (χ3v) is 7.32. The molecule has 0 fully saturated rings. The van der Waals surface area contributed by atoms with Gasteiger partial charge < -0.3 is 10.1 Å². The van der Waals surface area contributed by atoms with Crippen molar-refractivity contribution in [1.82, 2.24) is 14.9 Å². The summed E-state index contributed by atoms with van der Waals surface area (Å²) in [5.74, 6) is 0.888. The standard InChI is InChI=1S/C26H25N3O3S/c1-16-17(2)33-25-24(16)26(31)29(15-28-25)11-9-23(30)27-14-18-3-5-19(6-4-18)20-7-8-22-21(13-20)10-12-32-22/h3-8,13,15H,9-12,14H2,1-2H3,(H,27,30). The molecule has 0 saturated carbocycles. The molecule has 4 aromatic rings. The summed E-state index contributed by atoms with van der Waals surface area (Å²) in [5, 5.41) is 3.61. The molecule has 0 saturated heterocycles. The van der Waals surface area contributed by atoms with Gasteiger partial charge in [0.05, 0.1) is 18.3 Å². The predicted molar refractivity (Wildman–Crippen MR) is 131 cm³/mol. The molecule has 33 heavy (non-hydrogen) atoms. The monoisotopic (exact) mass is 459 g/mol. The van der Waals surface area contributed by atoms with Crippen molar-refractivity contribution in [2.24, 2.45) is 0 Å². The summed E-state index contributed by atoms with van der Waals surface area (Å²) < 4.78 is 7.11. The highest BCUT2D eigenvalue weighted by atomic mass is 32.1. The minimum atomic E-state index is -0.0945. The van der Waals surface area contributed by atoms with Crippen molar-refractivity contribution in [1.29, 1.82) is 0 Å². The van der Waals surface area contributed by atoms with Crippen LogP contribution in [0.25, 0.3) is 21.3 Å². The Morgan fingerprint density at radius 2 is 1.94 bits per heavy atom. The number of aryl methyl sites for hydroxylation is 3. The number of hydrogen-bond donors (Lipinski definition) is 1. The first-order chi connectivity index (χ1) is 16.0. The highest BCUT2D eigenvalue weighted by molar-refractivity contribution is 7.18. The Hall–Kier alpha value is -3.45. The molecule has 1 aliphatic rings. The van der Waals surface area contributed by atoms with Crippen LogP contribution in [-0.2, 0) is 24.3 Å². The van der Waals surface area contributed by atoms with E-state index in [-0.39, 0.29) is 17.9 Å². The van der Waals surface area contributed by atoms with Crippen molar-refractivity contribution < 1.29 is 9.53 Å². The molecule has 3 heterocycles. The number of thiophene rings is 1. The van der Waals surface area contributed by atoms with Gasteiger partial charge in [0.1, 0.15) is 10.6 Å². The fraction of sp³-hybridized carbons (Fsp3) is 0.269. The SMILES string of the molecule is Cc1sc2ncn(CCC(=O)NCc3ccc(-c4ccc5c(c4)CCO5)cc3)c(=O)c2c1C. The average molecular weight is 460 g/mol. The van der Waals surface area contributed by atoms with Crippen LogP contribution in [0.3, 0.4) is 0 Å². The number of carbonyl (C=O) groups excluding carboxylic acids is 1. The molecule has 6 nitrogen and oxygen atoms in total. The molecule has 0 spiro atoms. The largest absolute Gasteiger partial charge is 0.493 e. The molecule has 1 aliphatic heterocycles. The lowest BCUT2D eigenvalue weighted by molar-refractivity contribution is -0.121. The molecular weight excluding hydrogens is 434 g/mol. The Morgan fingerprint density at radius 3 is 2.76 bits per heavy atom. The number of benzene rings is 2. The summed E-state index contributed by atoms with van der Waals surface area (Å²) in [7, 11) is 0.